The summed E-state index contributed by atoms with van der Waals surface area (Å²) in [6.45, 7) is 5.67. The van der Waals surface area contributed by atoms with E-state index in [9.17, 15) is 9.59 Å². The average molecular weight is 256 g/mol. The monoisotopic (exact) mass is 256 g/mol. The number of carbonyl (C=O) groups is 2. The van der Waals surface area contributed by atoms with E-state index in [2.05, 4.69) is 10.3 Å². The largest absolute Gasteiger partial charge is 0.481 e. The Kier molecular flexibility index (Phi) is 4.62. The second-order valence-electron chi connectivity index (χ2n) is 4.17. The van der Waals surface area contributed by atoms with Crippen molar-refractivity contribution in [1.82, 2.24) is 10.3 Å². The molecule has 1 atom stereocenters. The molecule has 0 saturated carbocycles. The highest BCUT2D eigenvalue weighted by atomic mass is 32.1. The maximum atomic E-state index is 11.6. The van der Waals surface area contributed by atoms with Crippen molar-refractivity contribution in [2.24, 2.45) is 5.92 Å². The summed E-state index contributed by atoms with van der Waals surface area (Å²) in [6.07, 6.45) is 0. The van der Waals surface area contributed by atoms with E-state index in [-0.39, 0.29) is 12.5 Å². The molecule has 6 heteroatoms. The Morgan fingerprint density at radius 3 is 2.59 bits per heavy atom. The lowest BCUT2D eigenvalue weighted by Gasteiger charge is -2.06. The molecule has 0 saturated heterocycles. The van der Waals surface area contributed by atoms with E-state index in [4.69, 9.17) is 5.11 Å². The molecule has 1 aromatic heterocycles. The molecule has 94 valence electrons. The van der Waals surface area contributed by atoms with Gasteiger partial charge in [0.05, 0.1) is 10.9 Å². The first-order valence-corrected chi connectivity index (χ1v) is 6.26. The van der Waals surface area contributed by atoms with Gasteiger partial charge in [-0.25, -0.2) is 4.98 Å². The number of carboxylic acids is 1. The number of nitrogens with one attached hydrogen (secondary N) is 1. The number of hydrogen-bond acceptors (Lipinski definition) is 4. The molecule has 1 amide bonds. The van der Waals surface area contributed by atoms with Crippen LogP contribution >= 0.6 is 11.3 Å². The van der Waals surface area contributed by atoms with Gasteiger partial charge in [-0.05, 0) is 0 Å². The van der Waals surface area contributed by atoms with Crippen LogP contribution in [-0.2, 0) is 4.79 Å². The number of aromatic nitrogens is 1. The van der Waals surface area contributed by atoms with Gasteiger partial charge in [-0.1, -0.05) is 20.8 Å². The topological polar surface area (TPSA) is 79.3 Å². The van der Waals surface area contributed by atoms with Crippen LogP contribution in [-0.4, -0.2) is 28.5 Å². The molecule has 0 aliphatic rings. The van der Waals surface area contributed by atoms with Crippen LogP contribution in [0.5, 0.6) is 0 Å². The molecule has 0 aliphatic heterocycles. The first-order valence-electron chi connectivity index (χ1n) is 5.38. The molecular weight excluding hydrogens is 240 g/mol. The number of amides is 1. The number of aliphatic carboxylic acids is 1. The van der Waals surface area contributed by atoms with E-state index < -0.39 is 11.9 Å². The van der Waals surface area contributed by atoms with Crippen LogP contribution in [0, 0.1) is 5.92 Å². The van der Waals surface area contributed by atoms with Crippen molar-refractivity contribution < 1.29 is 14.7 Å². The third-order valence-corrected chi connectivity index (χ3v) is 3.38. The average Bonchev–Trinajstić information content (AvgIpc) is 2.74. The highest BCUT2D eigenvalue weighted by Crippen LogP contribution is 2.18. The number of nitrogens with zero attached hydrogens (tertiary/aromatic N) is 1. The number of hydrogen-bond donors (Lipinski definition) is 2. The Bertz CT molecular complexity index is 415. The second-order valence-corrected chi connectivity index (χ2v) is 5.06. The Hall–Kier alpha value is -1.43. The van der Waals surface area contributed by atoms with Gasteiger partial charge in [-0.2, -0.15) is 0 Å². The lowest BCUT2D eigenvalue weighted by molar-refractivity contribution is -0.140. The minimum absolute atomic E-state index is 0.114. The van der Waals surface area contributed by atoms with Gasteiger partial charge in [0.1, 0.15) is 5.69 Å². The van der Waals surface area contributed by atoms with Gasteiger partial charge in [0.15, 0.2) is 0 Å². The summed E-state index contributed by atoms with van der Waals surface area (Å²) in [6, 6.07) is 0. The standard InChI is InChI=1S/C11H16N2O3S/c1-6(2)10-13-8(5-17-10)9(14)12-4-7(3)11(15)16/h5-7H,4H2,1-3H3,(H,12,14)(H,15,16)/t7-/m0/s1. The van der Waals surface area contributed by atoms with Gasteiger partial charge in [0, 0.05) is 17.8 Å². The Labute approximate surface area is 104 Å². The smallest absolute Gasteiger partial charge is 0.308 e. The molecule has 0 radical (unpaired) electrons. The van der Waals surface area contributed by atoms with Gasteiger partial charge < -0.3 is 10.4 Å². The van der Waals surface area contributed by atoms with Crippen LogP contribution in [0.25, 0.3) is 0 Å². The molecule has 5 nitrogen and oxygen atoms in total. The zero-order valence-corrected chi connectivity index (χ0v) is 10.9. The van der Waals surface area contributed by atoms with Crippen LogP contribution < -0.4 is 5.32 Å². The molecular formula is C11H16N2O3S. The van der Waals surface area contributed by atoms with Crippen molar-refractivity contribution in [3.8, 4) is 0 Å². The first kappa shape index (κ1) is 13.6. The first-order chi connectivity index (χ1) is 7.91. The molecule has 0 fully saturated rings. The van der Waals surface area contributed by atoms with Crippen LogP contribution in [0.4, 0.5) is 0 Å². The third kappa shape index (κ3) is 3.81. The molecule has 0 aliphatic carbocycles. The lowest BCUT2D eigenvalue weighted by Crippen LogP contribution is -2.31. The molecule has 0 aromatic carbocycles. The van der Waals surface area contributed by atoms with Crippen LogP contribution in [0.1, 0.15) is 42.2 Å². The summed E-state index contributed by atoms with van der Waals surface area (Å²) in [5, 5.41) is 13.8. The molecule has 0 spiro atoms. The Morgan fingerprint density at radius 1 is 1.47 bits per heavy atom. The summed E-state index contributed by atoms with van der Waals surface area (Å²) >= 11 is 1.44. The second kappa shape index (κ2) is 5.77. The number of rotatable bonds is 5. The van der Waals surface area contributed by atoms with Gasteiger partial charge >= 0.3 is 5.97 Å². The predicted molar refractivity (Wildman–Crippen MR) is 65.3 cm³/mol. The number of thiazole rings is 1. The van der Waals surface area contributed by atoms with Crippen molar-refractivity contribution >= 4 is 23.2 Å². The number of carbonyl (C=O) groups excluding carboxylic acids is 1. The van der Waals surface area contributed by atoms with E-state index in [1.54, 1.807) is 12.3 Å². The SMILES string of the molecule is CC(C)c1nc(C(=O)NC[C@H](C)C(=O)O)cs1. The zero-order chi connectivity index (χ0) is 13.0. The van der Waals surface area contributed by atoms with Crippen LogP contribution in [0.2, 0.25) is 0 Å². The fraction of sp³-hybridized carbons (Fsp3) is 0.545. The maximum absolute atomic E-state index is 11.6. The Morgan fingerprint density at radius 2 is 2.12 bits per heavy atom. The van der Waals surface area contributed by atoms with E-state index in [0.29, 0.717) is 11.6 Å². The van der Waals surface area contributed by atoms with E-state index in [1.807, 2.05) is 13.8 Å². The molecule has 17 heavy (non-hydrogen) atoms. The Balaban J connectivity index is 2.55. The van der Waals surface area contributed by atoms with Gasteiger partial charge in [-0.3, -0.25) is 9.59 Å². The van der Waals surface area contributed by atoms with E-state index >= 15 is 0 Å². The zero-order valence-electron chi connectivity index (χ0n) is 10.1. The molecule has 2 N–H and O–H groups in total. The van der Waals surface area contributed by atoms with E-state index in [1.165, 1.54) is 11.3 Å². The van der Waals surface area contributed by atoms with Crippen molar-refractivity contribution in [3.63, 3.8) is 0 Å². The molecule has 1 heterocycles. The van der Waals surface area contributed by atoms with Gasteiger partial charge in [0.2, 0.25) is 0 Å². The van der Waals surface area contributed by atoms with Gasteiger partial charge in [0.25, 0.3) is 5.91 Å². The lowest BCUT2D eigenvalue weighted by atomic mass is 10.2. The maximum Gasteiger partial charge on any atom is 0.308 e. The van der Waals surface area contributed by atoms with Crippen LogP contribution in [0.3, 0.4) is 0 Å². The van der Waals surface area contributed by atoms with Crippen molar-refractivity contribution in [2.75, 3.05) is 6.54 Å². The molecule has 1 aromatic rings. The minimum atomic E-state index is -0.925. The summed E-state index contributed by atoms with van der Waals surface area (Å²) in [7, 11) is 0. The van der Waals surface area contributed by atoms with E-state index in [0.717, 1.165) is 5.01 Å². The summed E-state index contributed by atoms with van der Waals surface area (Å²) in [5.74, 6) is -1.55. The van der Waals surface area contributed by atoms with Crippen molar-refractivity contribution in [1.29, 1.82) is 0 Å². The fourth-order valence-electron chi connectivity index (χ4n) is 1.08. The van der Waals surface area contributed by atoms with Crippen LogP contribution in [0.15, 0.2) is 5.38 Å². The molecule has 0 unspecified atom stereocenters. The highest BCUT2D eigenvalue weighted by Gasteiger charge is 2.15. The predicted octanol–water partition coefficient (Wildman–Crippen LogP) is 1.72. The number of carboxylic acid groups (broad SMARTS) is 1. The summed E-state index contributed by atoms with van der Waals surface area (Å²) in [5.41, 5.74) is 0.358. The molecule has 0 bridgehead atoms. The fourth-order valence-corrected chi connectivity index (χ4v) is 1.90. The minimum Gasteiger partial charge on any atom is -0.481 e. The quantitative estimate of drug-likeness (QED) is 0.840. The van der Waals surface area contributed by atoms with Crippen molar-refractivity contribution in [3.05, 3.63) is 16.1 Å². The van der Waals surface area contributed by atoms with Gasteiger partial charge in [-0.15, -0.1) is 11.3 Å². The van der Waals surface area contributed by atoms with Crippen molar-refractivity contribution in [2.45, 2.75) is 26.7 Å². The normalized spacial score (nSPS) is 12.5. The third-order valence-electron chi connectivity index (χ3n) is 2.24. The summed E-state index contributed by atoms with van der Waals surface area (Å²) < 4.78 is 0. The highest BCUT2D eigenvalue weighted by molar-refractivity contribution is 7.09. The molecule has 1 rings (SSSR count). The summed E-state index contributed by atoms with van der Waals surface area (Å²) in [4.78, 5) is 26.4.